The molecule has 1 amide bonds. The molecule has 3 fully saturated rings. The van der Waals surface area contributed by atoms with Crippen molar-refractivity contribution in [2.45, 2.75) is 83.2 Å². The molecule has 27 heavy (non-hydrogen) atoms. The third kappa shape index (κ3) is 6.66. The molecule has 6 heteroatoms. The summed E-state index contributed by atoms with van der Waals surface area (Å²) in [7, 11) is 0. The van der Waals surface area contributed by atoms with Crippen molar-refractivity contribution < 1.29 is 4.79 Å². The minimum absolute atomic E-state index is 0.193. The van der Waals surface area contributed by atoms with E-state index in [2.05, 4.69) is 32.8 Å². The second-order valence-electron chi connectivity index (χ2n) is 8.53. The maximum Gasteiger partial charge on any atom is 0.220 e. The number of nitrogens with zero attached hydrogens (tertiary/aromatic N) is 2. The van der Waals surface area contributed by atoms with E-state index in [0.717, 1.165) is 25.1 Å². The van der Waals surface area contributed by atoms with Crippen molar-refractivity contribution in [2.75, 3.05) is 32.7 Å². The third-order valence-corrected chi connectivity index (χ3v) is 6.40. The number of hydrogen-bond acceptors (Lipinski definition) is 3. The van der Waals surface area contributed by atoms with Gasteiger partial charge in [0.15, 0.2) is 5.96 Å². The highest BCUT2D eigenvalue weighted by molar-refractivity contribution is 5.80. The Morgan fingerprint density at radius 3 is 2.52 bits per heavy atom. The molecule has 1 atom stereocenters. The van der Waals surface area contributed by atoms with Crippen molar-refractivity contribution in [2.24, 2.45) is 10.9 Å². The summed E-state index contributed by atoms with van der Waals surface area (Å²) in [6.07, 6.45) is 12.5. The summed E-state index contributed by atoms with van der Waals surface area (Å²) >= 11 is 0. The number of carbonyl (C=O) groups excluding carboxylic acids is 1. The number of aliphatic imine (C=N–C) groups is 1. The van der Waals surface area contributed by atoms with E-state index in [1.807, 2.05) is 0 Å². The number of nitrogens with one attached hydrogen (secondary N) is 3. The highest BCUT2D eigenvalue weighted by atomic mass is 16.1. The van der Waals surface area contributed by atoms with E-state index in [9.17, 15) is 4.79 Å². The second-order valence-corrected chi connectivity index (χ2v) is 8.53. The lowest BCUT2D eigenvalue weighted by Crippen LogP contribution is -2.45. The standard InChI is InChI=1S/C21H39N5O/c1-2-22-21(24-13-12-23-20(27)15-17-7-3-4-8-17)25-18-11-14-26(16-18)19-9-5-6-10-19/h17-19H,2-16H2,1H3,(H,23,27)(H2,22,24,25). The third-order valence-electron chi connectivity index (χ3n) is 6.40. The van der Waals surface area contributed by atoms with Crippen LogP contribution in [-0.4, -0.2) is 61.6 Å². The summed E-state index contributed by atoms with van der Waals surface area (Å²) in [5, 5.41) is 9.99. The van der Waals surface area contributed by atoms with Crippen molar-refractivity contribution >= 4 is 11.9 Å². The topological polar surface area (TPSA) is 68.8 Å². The Bertz CT molecular complexity index is 483. The van der Waals surface area contributed by atoms with Crippen LogP contribution in [0.4, 0.5) is 0 Å². The first-order valence-electron chi connectivity index (χ1n) is 11.3. The van der Waals surface area contributed by atoms with Crippen LogP contribution < -0.4 is 16.0 Å². The molecule has 6 nitrogen and oxygen atoms in total. The van der Waals surface area contributed by atoms with Gasteiger partial charge in [0, 0.05) is 44.7 Å². The van der Waals surface area contributed by atoms with E-state index in [1.165, 1.54) is 64.3 Å². The van der Waals surface area contributed by atoms with Crippen molar-refractivity contribution in [1.29, 1.82) is 0 Å². The molecule has 0 aromatic rings. The normalized spacial score (nSPS) is 25.2. The molecular formula is C21H39N5O. The number of rotatable bonds is 8. The Kier molecular flexibility index (Phi) is 8.24. The Morgan fingerprint density at radius 2 is 1.78 bits per heavy atom. The molecule has 1 saturated heterocycles. The first-order chi connectivity index (χ1) is 13.2. The molecule has 0 bridgehead atoms. The lowest BCUT2D eigenvalue weighted by Gasteiger charge is -2.24. The van der Waals surface area contributed by atoms with E-state index in [1.54, 1.807) is 0 Å². The maximum atomic E-state index is 12.0. The fraction of sp³-hybridized carbons (Fsp3) is 0.905. The number of amides is 1. The van der Waals surface area contributed by atoms with Gasteiger partial charge in [0.05, 0.1) is 6.54 Å². The average Bonchev–Trinajstić information content (AvgIpc) is 3.40. The first-order valence-corrected chi connectivity index (χ1v) is 11.3. The molecule has 3 N–H and O–H groups in total. The van der Waals surface area contributed by atoms with E-state index < -0.39 is 0 Å². The van der Waals surface area contributed by atoms with Gasteiger partial charge < -0.3 is 16.0 Å². The van der Waals surface area contributed by atoms with Crippen LogP contribution in [0.1, 0.15) is 71.1 Å². The van der Waals surface area contributed by atoms with Crippen LogP contribution in [0, 0.1) is 5.92 Å². The van der Waals surface area contributed by atoms with Gasteiger partial charge in [-0.3, -0.25) is 14.7 Å². The SMILES string of the molecule is CCNC(=NCCNC(=O)CC1CCCC1)NC1CCN(C2CCCC2)C1. The minimum Gasteiger partial charge on any atom is -0.357 e. The zero-order valence-corrected chi connectivity index (χ0v) is 17.1. The second kappa shape index (κ2) is 10.9. The lowest BCUT2D eigenvalue weighted by atomic mass is 10.0. The van der Waals surface area contributed by atoms with Crippen LogP contribution in [-0.2, 0) is 4.79 Å². The average molecular weight is 378 g/mol. The summed E-state index contributed by atoms with van der Waals surface area (Å²) in [5.41, 5.74) is 0. The van der Waals surface area contributed by atoms with Crippen LogP contribution >= 0.6 is 0 Å². The predicted molar refractivity (Wildman–Crippen MR) is 111 cm³/mol. The van der Waals surface area contributed by atoms with Gasteiger partial charge in [-0.05, 0) is 44.9 Å². The van der Waals surface area contributed by atoms with E-state index in [-0.39, 0.29) is 5.91 Å². The molecule has 0 aromatic carbocycles. The quantitative estimate of drug-likeness (QED) is 0.345. The number of hydrogen-bond donors (Lipinski definition) is 3. The van der Waals surface area contributed by atoms with Gasteiger partial charge in [0.1, 0.15) is 0 Å². The molecule has 154 valence electrons. The zero-order chi connectivity index (χ0) is 18.9. The summed E-state index contributed by atoms with van der Waals surface area (Å²) in [6, 6.07) is 1.30. The van der Waals surface area contributed by atoms with Gasteiger partial charge in [0.25, 0.3) is 0 Å². The maximum absolute atomic E-state index is 12.0. The van der Waals surface area contributed by atoms with Crippen LogP contribution in [0.5, 0.6) is 0 Å². The Labute approximate surface area is 164 Å². The number of guanidine groups is 1. The van der Waals surface area contributed by atoms with Gasteiger partial charge in [-0.25, -0.2) is 0 Å². The highest BCUT2D eigenvalue weighted by Gasteiger charge is 2.30. The Morgan fingerprint density at radius 1 is 1.04 bits per heavy atom. The van der Waals surface area contributed by atoms with Crippen LogP contribution in [0.3, 0.4) is 0 Å². The van der Waals surface area contributed by atoms with Crippen molar-refractivity contribution in [1.82, 2.24) is 20.9 Å². The van der Waals surface area contributed by atoms with Crippen molar-refractivity contribution in [3.05, 3.63) is 0 Å². The monoisotopic (exact) mass is 377 g/mol. The lowest BCUT2D eigenvalue weighted by molar-refractivity contribution is -0.121. The Balaban J connectivity index is 1.35. The highest BCUT2D eigenvalue weighted by Crippen LogP contribution is 2.27. The molecule has 2 aliphatic carbocycles. The smallest absolute Gasteiger partial charge is 0.220 e. The van der Waals surface area contributed by atoms with Gasteiger partial charge in [-0.1, -0.05) is 25.7 Å². The van der Waals surface area contributed by atoms with Crippen molar-refractivity contribution in [3.63, 3.8) is 0 Å². The molecule has 3 rings (SSSR count). The van der Waals surface area contributed by atoms with E-state index >= 15 is 0 Å². The molecule has 0 radical (unpaired) electrons. The number of likely N-dealkylation sites (tertiary alicyclic amines) is 1. The molecule has 0 spiro atoms. The van der Waals surface area contributed by atoms with E-state index in [4.69, 9.17) is 0 Å². The van der Waals surface area contributed by atoms with Crippen LogP contribution in [0.15, 0.2) is 4.99 Å². The number of carbonyl (C=O) groups is 1. The molecule has 0 aromatic heterocycles. The molecule has 1 aliphatic heterocycles. The predicted octanol–water partition coefficient (Wildman–Crippen LogP) is 2.25. The van der Waals surface area contributed by atoms with Gasteiger partial charge in [-0.15, -0.1) is 0 Å². The van der Waals surface area contributed by atoms with Gasteiger partial charge >= 0.3 is 0 Å². The summed E-state index contributed by atoms with van der Waals surface area (Å²) in [5.74, 6) is 1.69. The molecule has 3 aliphatic rings. The van der Waals surface area contributed by atoms with Gasteiger partial charge in [-0.2, -0.15) is 0 Å². The first kappa shape index (κ1) is 20.4. The largest absolute Gasteiger partial charge is 0.357 e. The molecule has 1 heterocycles. The van der Waals surface area contributed by atoms with Crippen molar-refractivity contribution in [3.8, 4) is 0 Å². The summed E-state index contributed by atoms with van der Waals surface area (Å²) in [6.45, 7) is 6.55. The van der Waals surface area contributed by atoms with Crippen LogP contribution in [0.2, 0.25) is 0 Å². The fourth-order valence-corrected chi connectivity index (χ4v) is 4.93. The van der Waals surface area contributed by atoms with Gasteiger partial charge in [0.2, 0.25) is 5.91 Å². The summed E-state index contributed by atoms with van der Waals surface area (Å²) < 4.78 is 0. The Hall–Kier alpha value is -1.30. The fourth-order valence-electron chi connectivity index (χ4n) is 4.93. The molecule has 1 unspecified atom stereocenters. The zero-order valence-electron chi connectivity index (χ0n) is 17.1. The minimum atomic E-state index is 0.193. The molecular weight excluding hydrogens is 338 g/mol. The van der Waals surface area contributed by atoms with Crippen LogP contribution in [0.25, 0.3) is 0 Å². The van der Waals surface area contributed by atoms with E-state index in [0.29, 0.717) is 31.5 Å². The molecule has 2 saturated carbocycles. The summed E-state index contributed by atoms with van der Waals surface area (Å²) in [4.78, 5) is 19.3.